The molecule has 0 spiro atoms. The normalized spacial score (nSPS) is 13.5. The molecule has 0 atom stereocenters. The molecule has 2 nitrogen and oxygen atoms in total. The van der Waals surface area contributed by atoms with Gasteiger partial charge < -0.3 is 10.2 Å². The first-order valence-corrected chi connectivity index (χ1v) is 30.6. The van der Waals surface area contributed by atoms with E-state index in [4.69, 9.17) is 0 Å². The number of hydrogen-bond donors (Lipinski definition) is 1. The Morgan fingerprint density at radius 2 is 0.705 bits per heavy atom. The highest BCUT2D eigenvalue weighted by molar-refractivity contribution is 6.21. The van der Waals surface area contributed by atoms with Gasteiger partial charge in [-0.3, -0.25) is 0 Å². The van der Waals surface area contributed by atoms with Crippen LogP contribution in [0.3, 0.4) is 0 Å². The van der Waals surface area contributed by atoms with Crippen LogP contribution >= 0.6 is 0 Å². The van der Waals surface area contributed by atoms with Crippen molar-refractivity contribution in [3.05, 3.63) is 390 Å². The Kier molecular flexibility index (Phi) is 12.0. The number of nitrogens with zero attached hydrogens (tertiary/aromatic N) is 1. The summed E-state index contributed by atoms with van der Waals surface area (Å²) in [5.74, 6) is 0. The quantitative estimate of drug-likeness (QED) is 0.145. The molecular formula is C86H58N2. The van der Waals surface area contributed by atoms with Crippen LogP contribution in [-0.2, 0) is 10.8 Å². The number of rotatable bonds is 9. The zero-order valence-electron chi connectivity index (χ0n) is 48.4. The minimum Gasteiger partial charge on any atom is -0.354 e. The third-order valence-electron chi connectivity index (χ3n) is 19.0. The molecule has 0 bridgehead atoms. The Hall–Kier alpha value is -11.3. The molecule has 0 saturated carbocycles. The van der Waals surface area contributed by atoms with Crippen molar-refractivity contribution in [3.8, 4) is 44.5 Å². The number of hydrogen-bond acceptors (Lipinski definition) is 2. The largest absolute Gasteiger partial charge is 0.354 e. The molecule has 1 N–H and O–H groups in total. The summed E-state index contributed by atoms with van der Waals surface area (Å²) in [6.45, 7) is 0. The van der Waals surface area contributed by atoms with Gasteiger partial charge in [-0.05, 0) is 153 Å². The van der Waals surface area contributed by atoms with Crippen LogP contribution in [-0.4, -0.2) is 0 Å². The first kappa shape index (κ1) is 51.1. The highest BCUT2D eigenvalue weighted by Crippen LogP contribution is 2.61. The highest BCUT2D eigenvalue weighted by Gasteiger charge is 2.48. The van der Waals surface area contributed by atoms with Crippen molar-refractivity contribution in [2.24, 2.45) is 0 Å². The van der Waals surface area contributed by atoms with Gasteiger partial charge in [0.15, 0.2) is 0 Å². The predicted octanol–water partition coefficient (Wildman–Crippen LogP) is 22.4. The second kappa shape index (κ2) is 20.7. The first-order chi connectivity index (χ1) is 43.7. The lowest BCUT2D eigenvalue weighted by Crippen LogP contribution is -2.38. The number of para-hydroxylation sites is 5. The van der Waals surface area contributed by atoms with Gasteiger partial charge in [-0.2, -0.15) is 0 Å². The third-order valence-corrected chi connectivity index (χ3v) is 19.0. The number of fused-ring (bicyclic) bond motifs is 7. The minimum absolute atomic E-state index is 0.630. The second-order valence-corrected chi connectivity index (χ2v) is 23.4. The molecule has 15 aromatic carbocycles. The van der Waals surface area contributed by atoms with E-state index in [-0.39, 0.29) is 0 Å². The fourth-order valence-electron chi connectivity index (χ4n) is 15.4. The van der Waals surface area contributed by atoms with E-state index in [0.717, 1.165) is 50.7 Å². The van der Waals surface area contributed by atoms with Crippen molar-refractivity contribution in [1.82, 2.24) is 0 Å². The van der Waals surface area contributed by atoms with E-state index >= 15 is 0 Å². The Bertz CT molecular complexity index is 5080. The molecular weight excluding hydrogens is 1060 g/mol. The fraction of sp³-hybridized carbons (Fsp3) is 0.0233. The van der Waals surface area contributed by atoms with Gasteiger partial charge in [0.2, 0.25) is 0 Å². The van der Waals surface area contributed by atoms with Gasteiger partial charge in [0, 0.05) is 22.5 Å². The van der Waals surface area contributed by atoms with E-state index in [0.29, 0.717) is 0 Å². The molecule has 17 rings (SSSR count). The van der Waals surface area contributed by atoms with Crippen LogP contribution in [0.2, 0.25) is 0 Å². The predicted molar refractivity (Wildman–Crippen MR) is 369 cm³/mol. The standard InChI is InChI=1S/C86H58N2/c1-7-29-58(30-8-1)73-56-60(55-59-31-19-20-42-66(59)73)82-69-45-25-43-67(71-47-27-51-78-83(71)87-80-53-23-21-49-76(80)85(78,61-32-9-2-10-33-61)62-34-11-3-12-35-62)74(69)57-75-68(44-26-46-70(75)82)72-48-28-52-79-84(72)88(65-40-17-6-18-41-65)81-54-24-22-50-77(81)86(79,63-36-13-4-14-37-63)64-38-15-5-16-39-64/h1-57,87H. The van der Waals surface area contributed by atoms with E-state index in [1.54, 1.807) is 0 Å². The van der Waals surface area contributed by atoms with Crippen LogP contribution in [0, 0.1) is 0 Å². The van der Waals surface area contributed by atoms with Crippen LogP contribution in [0.5, 0.6) is 0 Å². The van der Waals surface area contributed by atoms with Crippen molar-refractivity contribution >= 4 is 60.8 Å². The summed E-state index contributed by atoms with van der Waals surface area (Å²) in [7, 11) is 0. The van der Waals surface area contributed by atoms with Gasteiger partial charge in [-0.15, -0.1) is 0 Å². The molecule has 2 aliphatic rings. The molecule has 0 fully saturated rings. The lowest BCUT2D eigenvalue weighted by molar-refractivity contribution is 0.731. The zero-order valence-corrected chi connectivity index (χ0v) is 48.4. The van der Waals surface area contributed by atoms with Gasteiger partial charge in [-0.1, -0.05) is 303 Å². The van der Waals surface area contributed by atoms with Crippen LogP contribution in [0.4, 0.5) is 28.4 Å². The topological polar surface area (TPSA) is 15.3 Å². The van der Waals surface area contributed by atoms with Crippen molar-refractivity contribution in [2.75, 3.05) is 10.2 Å². The van der Waals surface area contributed by atoms with Gasteiger partial charge in [0.1, 0.15) is 0 Å². The van der Waals surface area contributed by atoms with E-state index in [9.17, 15) is 0 Å². The van der Waals surface area contributed by atoms with Gasteiger partial charge >= 0.3 is 0 Å². The fourth-order valence-corrected chi connectivity index (χ4v) is 15.4. The van der Waals surface area contributed by atoms with Crippen LogP contribution < -0.4 is 10.2 Å². The second-order valence-electron chi connectivity index (χ2n) is 23.4. The van der Waals surface area contributed by atoms with Crippen LogP contribution in [0.25, 0.3) is 76.8 Å². The summed E-state index contributed by atoms with van der Waals surface area (Å²) < 4.78 is 0. The summed E-state index contributed by atoms with van der Waals surface area (Å²) >= 11 is 0. The van der Waals surface area contributed by atoms with Gasteiger partial charge in [-0.25, -0.2) is 0 Å². The summed E-state index contributed by atoms with van der Waals surface area (Å²) in [5, 5.41) is 11.3. The molecule has 2 heteroatoms. The summed E-state index contributed by atoms with van der Waals surface area (Å²) in [5.41, 5.74) is 23.4. The molecule has 2 aliphatic heterocycles. The SMILES string of the molecule is c1ccc(-c2cc(-c3c4cccc(-c5cccc6c5Nc5ccccc5C6(c5ccccc5)c5ccccc5)c4cc4c(-c5cccc6c5N(c5ccccc5)c5ccccc5C6(c5ccccc5)c5ccccc5)cccc34)cc3ccccc23)cc1. The maximum absolute atomic E-state index is 4.12. The maximum Gasteiger partial charge on any atom is 0.0742 e. The van der Waals surface area contributed by atoms with E-state index < -0.39 is 10.8 Å². The minimum atomic E-state index is -0.684. The van der Waals surface area contributed by atoms with E-state index in [2.05, 4.69) is 356 Å². The maximum atomic E-state index is 4.12. The molecule has 0 amide bonds. The molecule has 0 saturated heterocycles. The highest BCUT2D eigenvalue weighted by atomic mass is 15.2. The van der Waals surface area contributed by atoms with Gasteiger partial charge in [0.05, 0.1) is 27.9 Å². The average molecular weight is 1120 g/mol. The summed E-state index contributed by atoms with van der Waals surface area (Å²) in [6, 6.07) is 129. The van der Waals surface area contributed by atoms with Crippen LogP contribution in [0.1, 0.15) is 44.5 Å². The average Bonchev–Trinajstić information content (AvgIpc) is 0.818. The Morgan fingerprint density at radius 1 is 0.261 bits per heavy atom. The van der Waals surface area contributed by atoms with E-state index in [1.165, 1.54) is 99.1 Å². The van der Waals surface area contributed by atoms with E-state index in [1.807, 2.05) is 0 Å². The number of benzene rings is 15. The Balaban J connectivity index is 1.01. The molecule has 0 aromatic heterocycles. The van der Waals surface area contributed by atoms with Crippen molar-refractivity contribution < 1.29 is 0 Å². The third kappa shape index (κ3) is 7.69. The van der Waals surface area contributed by atoms with Gasteiger partial charge in [0.25, 0.3) is 0 Å². The Morgan fingerprint density at radius 3 is 1.33 bits per heavy atom. The lowest BCUT2D eigenvalue weighted by Gasteiger charge is -2.47. The zero-order chi connectivity index (χ0) is 58.2. The molecule has 88 heavy (non-hydrogen) atoms. The summed E-state index contributed by atoms with van der Waals surface area (Å²) in [6.07, 6.45) is 0. The lowest BCUT2D eigenvalue weighted by atomic mass is 9.62. The number of nitrogens with one attached hydrogen (secondary N) is 1. The van der Waals surface area contributed by atoms with Crippen molar-refractivity contribution in [3.63, 3.8) is 0 Å². The first-order valence-electron chi connectivity index (χ1n) is 30.6. The smallest absolute Gasteiger partial charge is 0.0742 e. The molecule has 0 aliphatic carbocycles. The molecule has 0 radical (unpaired) electrons. The van der Waals surface area contributed by atoms with Crippen LogP contribution in [0.15, 0.2) is 346 Å². The monoisotopic (exact) mass is 1120 g/mol. The molecule has 412 valence electrons. The molecule has 2 heterocycles. The van der Waals surface area contributed by atoms with Crippen molar-refractivity contribution in [1.29, 1.82) is 0 Å². The number of anilines is 5. The Labute approximate surface area is 513 Å². The molecule has 0 unspecified atom stereocenters. The molecule has 15 aromatic rings. The van der Waals surface area contributed by atoms with Crippen molar-refractivity contribution in [2.45, 2.75) is 10.8 Å². The summed E-state index contributed by atoms with van der Waals surface area (Å²) in [4.78, 5) is 2.54.